The third-order valence-corrected chi connectivity index (χ3v) is 5.52. The van der Waals surface area contributed by atoms with Gasteiger partial charge in [-0.05, 0) is 47.0 Å². The zero-order valence-corrected chi connectivity index (χ0v) is 18.9. The second-order valence-corrected chi connectivity index (χ2v) is 8.28. The number of halogens is 1. The quantitative estimate of drug-likeness (QED) is 0.468. The molecule has 0 unspecified atom stereocenters. The van der Waals surface area contributed by atoms with E-state index in [9.17, 15) is 4.79 Å². The topological polar surface area (TPSA) is 100 Å². The van der Waals surface area contributed by atoms with E-state index in [1.807, 2.05) is 47.0 Å². The van der Waals surface area contributed by atoms with Crippen LogP contribution in [0.1, 0.15) is 18.5 Å². The van der Waals surface area contributed by atoms with Crippen LogP contribution in [-0.2, 0) is 13.5 Å². The standard InChI is InChI=1S/C21H25BrN8O/c1-29-13-17(25-14-29)7-8-23-19-18(22)12-24-20(28-19)26-15-5-4-6-16(11-15)27-21(31)30-9-2-3-10-30/h4-6,11-14H,2-3,7-10H2,1H3,(H,27,31)(H2,23,24,26,28). The summed E-state index contributed by atoms with van der Waals surface area (Å²) < 4.78 is 2.71. The molecule has 9 nitrogen and oxygen atoms in total. The molecule has 0 radical (unpaired) electrons. The van der Waals surface area contributed by atoms with Gasteiger partial charge in [0.2, 0.25) is 5.95 Å². The largest absolute Gasteiger partial charge is 0.369 e. The molecule has 2 amide bonds. The summed E-state index contributed by atoms with van der Waals surface area (Å²) in [6.45, 7) is 2.32. The van der Waals surface area contributed by atoms with E-state index in [2.05, 4.69) is 46.8 Å². The van der Waals surface area contributed by atoms with Crippen LogP contribution in [0, 0.1) is 0 Å². The fourth-order valence-corrected chi connectivity index (χ4v) is 3.71. The van der Waals surface area contributed by atoms with Gasteiger partial charge in [-0.1, -0.05) is 6.07 Å². The molecule has 1 fully saturated rings. The number of nitrogens with zero attached hydrogens (tertiary/aromatic N) is 5. The predicted molar refractivity (Wildman–Crippen MR) is 125 cm³/mol. The first-order valence-corrected chi connectivity index (χ1v) is 11.0. The van der Waals surface area contributed by atoms with Crippen LogP contribution in [0.25, 0.3) is 0 Å². The Bertz CT molecular complexity index is 1050. The fraction of sp³-hybridized carbons (Fsp3) is 0.333. The number of carbonyl (C=O) groups is 1. The average molecular weight is 485 g/mol. The number of anilines is 4. The normalized spacial score (nSPS) is 13.3. The molecule has 3 N–H and O–H groups in total. The minimum absolute atomic E-state index is 0.0612. The number of carbonyl (C=O) groups excluding carboxylic acids is 1. The third kappa shape index (κ3) is 5.72. The van der Waals surface area contributed by atoms with Gasteiger partial charge in [0.25, 0.3) is 0 Å². The number of imidazole rings is 1. The van der Waals surface area contributed by atoms with E-state index in [4.69, 9.17) is 0 Å². The summed E-state index contributed by atoms with van der Waals surface area (Å²) in [6, 6.07) is 7.46. The van der Waals surface area contributed by atoms with Crippen LogP contribution >= 0.6 is 15.9 Å². The molecule has 0 aliphatic carbocycles. The van der Waals surface area contributed by atoms with Gasteiger partial charge < -0.3 is 25.4 Å². The zero-order valence-electron chi connectivity index (χ0n) is 17.3. The van der Waals surface area contributed by atoms with E-state index in [1.54, 1.807) is 12.5 Å². The number of likely N-dealkylation sites (tertiary alicyclic amines) is 1. The number of amides is 2. The Labute approximate surface area is 189 Å². The van der Waals surface area contributed by atoms with Crippen molar-refractivity contribution in [1.82, 2.24) is 24.4 Å². The second kappa shape index (κ2) is 9.78. The number of hydrogen-bond donors (Lipinski definition) is 3. The summed E-state index contributed by atoms with van der Waals surface area (Å²) in [5.74, 6) is 1.17. The molecule has 1 saturated heterocycles. The lowest BCUT2D eigenvalue weighted by Crippen LogP contribution is -2.32. The summed E-state index contributed by atoms with van der Waals surface area (Å²) in [7, 11) is 1.95. The Kier molecular flexibility index (Phi) is 6.66. The van der Waals surface area contributed by atoms with Gasteiger partial charge in [0.1, 0.15) is 5.82 Å². The van der Waals surface area contributed by atoms with Crippen LogP contribution < -0.4 is 16.0 Å². The summed E-state index contributed by atoms with van der Waals surface area (Å²) in [5, 5.41) is 9.47. The van der Waals surface area contributed by atoms with E-state index < -0.39 is 0 Å². The molecule has 1 aliphatic rings. The maximum atomic E-state index is 12.3. The second-order valence-electron chi connectivity index (χ2n) is 7.43. The highest BCUT2D eigenvalue weighted by atomic mass is 79.9. The van der Waals surface area contributed by atoms with Crippen molar-refractivity contribution in [2.45, 2.75) is 19.3 Å². The van der Waals surface area contributed by atoms with Crippen molar-refractivity contribution in [1.29, 1.82) is 0 Å². The lowest BCUT2D eigenvalue weighted by molar-refractivity contribution is 0.222. The molecule has 31 heavy (non-hydrogen) atoms. The highest BCUT2D eigenvalue weighted by Gasteiger charge is 2.17. The lowest BCUT2D eigenvalue weighted by Gasteiger charge is -2.16. The molecule has 0 spiro atoms. The van der Waals surface area contributed by atoms with Crippen molar-refractivity contribution in [3.63, 3.8) is 0 Å². The molecule has 1 aliphatic heterocycles. The molecule has 0 saturated carbocycles. The number of hydrogen-bond acceptors (Lipinski definition) is 6. The highest BCUT2D eigenvalue weighted by Crippen LogP contribution is 2.23. The Balaban J connectivity index is 1.37. The van der Waals surface area contributed by atoms with Gasteiger partial charge in [-0.15, -0.1) is 0 Å². The Morgan fingerprint density at radius 1 is 1.19 bits per heavy atom. The number of aromatic nitrogens is 4. The predicted octanol–water partition coefficient (Wildman–Crippen LogP) is 4.00. The summed E-state index contributed by atoms with van der Waals surface area (Å²) in [6.07, 6.45) is 8.41. The summed E-state index contributed by atoms with van der Waals surface area (Å²) >= 11 is 3.49. The molecule has 1 aromatic carbocycles. The van der Waals surface area contributed by atoms with Crippen LogP contribution in [-0.4, -0.2) is 50.1 Å². The molecule has 0 bridgehead atoms. The van der Waals surface area contributed by atoms with E-state index >= 15 is 0 Å². The fourth-order valence-electron chi connectivity index (χ4n) is 3.38. The van der Waals surface area contributed by atoms with Crippen LogP contribution in [0.15, 0.2) is 47.5 Å². The number of rotatable bonds is 7. The minimum Gasteiger partial charge on any atom is -0.369 e. The smallest absolute Gasteiger partial charge is 0.321 e. The van der Waals surface area contributed by atoms with Crippen LogP contribution in [0.2, 0.25) is 0 Å². The first-order valence-electron chi connectivity index (χ1n) is 10.2. The van der Waals surface area contributed by atoms with Gasteiger partial charge in [0.05, 0.1) is 16.5 Å². The summed E-state index contributed by atoms with van der Waals surface area (Å²) in [5.41, 5.74) is 2.54. The first-order chi connectivity index (χ1) is 15.1. The monoisotopic (exact) mass is 484 g/mol. The maximum absolute atomic E-state index is 12.3. The van der Waals surface area contributed by atoms with Crippen LogP contribution in [0.5, 0.6) is 0 Å². The van der Waals surface area contributed by atoms with Crippen molar-refractivity contribution < 1.29 is 4.79 Å². The van der Waals surface area contributed by atoms with Crippen LogP contribution in [0.4, 0.5) is 27.9 Å². The number of benzene rings is 1. The molecule has 3 aromatic rings. The van der Waals surface area contributed by atoms with Crippen molar-refractivity contribution in [3.05, 3.63) is 53.2 Å². The van der Waals surface area contributed by atoms with Gasteiger partial charge in [-0.2, -0.15) is 4.98 Å². The van der Waals surface area contributed by atoms with Crippen molar-refractivity contribution >= 4 is 45.1 Å². The van der Waals surface area contributed by atoms with E-state index in [0.717, 1.165) is 53.9 Å². The number of aryl methyl sites for hydroxylation is 1. The van der Waals surface area contributed by atoms with E-state index in [-0.39, 0.29) is 6.03 Å². The highest BCUT2D eigenvalue weighted by molar-refractivity contribution is 9.10. The van der Waals surface area contributed by atoms with Gasteiger partial charge >= 0.3 is 6.03 Å². The molecule has 4 rings (SSSR count). The van der Waals surface area contributed by atoms with Crippen LogP contribution in [0.3, 0.4) is 0 Å². The van der Waals surface area contributed by atoms with Gasteiger partial charge in [-0.25, -0.2) is 14.8 Å². The van der Waals surface area contributed by atoms with Gasteiger partial charge in [0.15, 0.2) is 0 Å². The molecule has 10 heteroatoms. The minimum atomic E-state index is -0.0612. The zero-order chi connectivity index (χ0) is 21.6. The molecular weight excluding hydrogens is 460 g/mol. The van der Waals surface area contributed by atoms with Crippen molar-refractivity contribution in [3.8, 4) is 0 Å². The lowest BCUT2D eigenvalue weighted by atomic mass is 10.3. The van der Waals surface area contributed by atoms with Crippen molar-refractivity contribution in [2.24, 2.45) is 7.05 Å². The number of urea groups is 1. The SMILES string of the molecule is Cn1cnc(CCNc2nc(Nc3cccc(NC(=O)N4CCCC4)c3)ncc2Br)c1. The van der Waals surface area contributed by atoms with Gasteiger partial charge in [0, 0.05) is 56.9 Å². The Morgan fingerprint density at radius 3 is 2.77 bits per heavy atom. The Hall–Kier alpha value is -3.14. The van der Waals surface area contributed by atoms with E-state index in [1.165, 1.54) is 0 Å². The van der Waals surface area contributed by atoms with E-state index in [0.29, 0.717) is 18.3 Å². The molecule has 3 heterocycles. The number of nitrogens with one attached hydrogen (secondary N) is 3. The Morgan fingerprint density at radius 2 is 2.00 bits per heavy atom. The average Bonchev–Trinajstić information content (AvgIpc) is 3.43. The molecular formula is C21H25BrN8O. The molecule has 2 aromatic heterocycles. The summed E-state index contributed by atoms with van der Waals surface area (Å²) in [4.78, 5) is 27.4. The molecule has 162 valence electrons. The van der Waals surface area contributed by atoms with Gasteiger partial charge in [-0.3, -0.25) is 0 Å². The third-order valence-electron chi connectivity index (χ3n) is 4.94. The van der Waals surface area contributed by atoms with Crippen molar-refractivity contribution in [2.75, 3.05) is 35.6 Å². The molecule has 0 atom stereocenters. The first kappa shape index (κ1) is 21.1. The maximum Gasteiger partial charge on any atom is 0.321 e.